The van der Waals surface area contributed by atoms with Crippen LogP contribution in [0.2, 0.25) is 0 Å². The van der Waals surface area contributed by atoms with E-state index in [0.29, 0.717) is 0 Å². The van der Waals surface area contributed by atoms with Crippen LogP contribution in [0.1, 0.15) is 29.0 Å². The molecule has 3 aromatic rings. The van der Waals surface area contributed by atoms with Gasteiger partial charge in [0.05, 0.1) is 11.4 Å². The quantitative estimate of drug-likeness (QED) is 0.504. The van der Waals surface area contributed by atoms with Crippen molar-refractivity contribution in [1.82, 2.24) is 4.90 Å². The number of rotatable bonds is 3. The Bertz CT molecular complexity index is 1300. The Labute approximate surface area is 187 Å². The fourth-order valence-corrected chi connectivity index (χ4v) is 5.09. The van der Waals surface area contributed by atoms with Crippen LogP contribution in [0.4, 0.5) is 0 Å². The predicted molar refractivity (Wildman–Crippen MR) is 128 cm³/mol. The average Bonchev–Trinajstić information content (AvgIpc) is 3.20. The van der Waals surface area contributed by atoms with Gasteiger partial charge in [-0.2, -0.15) is 0 Å². The molecule has 2 heterocycles. The van der Waals surface area contributed by atoms with Gasteiger partial charge in [-0.3, -0.25) is 9.79 Å². The standard InChI is InChI=1S/C29H22N2O/c32-25-16-17-26-28(19-25)31-27(22-12-6-2-7-13-22)18-23(21-10-4-1-5-11-21)20-29(31,30-26)24-14-8-3-9-15-24/h1-19,23H,20H2/t23-,29+/m1/s1. The summed E-state index contributed by atoms with van der Waals surface area (Å²) in [6.45, 7) is 0. The van der Waals surface area contributed by atoms with Crippen LogP contribution in [-0.4, -0.2) is 16.4 Å². The average molecular weight is 415 g/mol. The van der Waals surface area contributed by atoms with Crippen LogP contribution in [-0.2, 0) is 10.5 Å². The van der Waals surface area contributed by atoms with E-state index in [1.807, 2.05) is 18.2 Å². The van der Waals surface area contributed by atoms with Gasteiger partial charge in [-0.15, -0.1) is 0 Å². The van der Waals surface area contributed by atoms with E-state index in [9.17, 15) is 4.79 Å². The SMILES string of the molecule is O=C1C=CC2=N[C@@]3(c4ccccc4)C[C@H](c4ccccc4)C=C(c4ccccc4)N3C2=C1. The van der Waals surface area contributed by atoms with E-state index < -0.39 is 5.66 Å². The molecule has 0 unspecified atom stereocenters. The van der Waals surface area contributed by atoms with Crippen molar-refractivity contribution in [3.8, 4) is 0 Å². The van der Waals surface area contributed by atoms with Crippen molar-refractivity contribution in [3.63, 3.8) is 0 Å². The maximum atomic E-state index is 12.4. The molecule has 0 saturated carbocycles. The lowest BCUT2D eigenvalue weighted by Crippen LogP contribution is -2.43. The summed E-state index contributed by atoms with van der Waals surface area (Å²) >= 11 is 0. The smallest absolute Gasteiger partial charge is 0.180 e. The highest BCUT2D eigenvalue weighted by atomic mass is 16.1. The van der Waals surface area contributed by atoms with Crippen LogP contribution in [0.3, 0.4) is 0 Å². The summed E-state index contributed by atoms with van der Waals surface area (Å²) in [4.78, 5) is 20.0. The molecule has 0 aromatic heterocycles. The molecule has 0 saturated heterocycles. The zero-order valence-electron chi connectivity index (χ0n) is 17.6. The van der Waals surface area contributed by atoms with Crippen LogP contribution >= 0.6 is 0 Å². The third kappa shape index (κ3) is 2.89. The Morgan fingerprint density at radius 3 is 2.16 bits per heavy atom. The lowest BCUT2D eigenvalue weighted by Gasteiger charge is -2.45. The van der Waals surface area contributed by atoms with Crippen LogP contribution in [0.5, 0.6) is 0 Å². The van der Waals surface area contributed by atoms with Gasteiger partial charge in [-0.1, -0.05) is 97.1 Å². The number of carbonyl (C=O) groups is 1. The Balaban J connectivity index is 1.63. The largest absolute Gasteiger partial charge is 0.310 e. The minimum absolute atomic E-state index is 0.000376. The molecule has 0 spiro atoms. The first kappa shape index (κ1) is 18.8. The molecule has 3 heteroatoms. The highest BCUT2D eigenvalue weighted by molar-refractivity contribution is 6.21. The van der Waals surface area contributed by atoms with Crippen molar-refractivity contribution in [1.29, 1.82) is 0 Å². The van der Waals surface area contributed by atoms with Gasteiger partial charge in [0.2, 0.25) is 0 Å². The number of hydrogen-bond acceptors (Lipinski definition) is 3. The molecule has 0 radical (unpaired) electrons. The minimum Gasteiger partial charge on any atom is -0.310 e. The fraction of sp³-hybridized carbons (Fsp3) is 0.103. The second-order valence-corrected chi connectivity index (χ2v) is 8.42. The normalized spacial score (nSPS) is 23.8. The minimum atomic E-state index is -0.613. The highest BCUT2D eigenvalue weighted by Crippen LogP contribution is 2.54. The van der Waals surface area contributed by atoms with Crippen LogP contribution in [0.15, 0.2) is 126 Å². The molecule has 3 nitrogen and oxygen atoms in total. The third-order valence-electron chi connectivity index (χ3n) is 6.50. The lowest BCUT2D eigenvalue weighted by atomic mass is 9.79. The number of hydrogen-bond donors (Lipinski definition) is 0. The molecule has 0 N–H and O–H groups in total. The summed E-state index contributed by atoms with van der Waals surface area (Å²) in [7, 11) is 0. The molecule has 0 amide bonds. The molecule has 3 aromatic carbocycles. The molecule has 32 heavy (non-hydrogen) atoms. The zero-order chi connectivity index (χ0) is 21.5. The van der Waals surface area contributed by atoms with Crippen molar-refractivity contribution < 1.29 is 4.79 Å². The van der Waals surface area contributed by atoms with Gasteiger partial charge in [0.25, 0.3) is 0 Å². The second-order valence-electron chi connectivity index (χ2n) is 8.42. The molecule has 3 aliphatic rings. The second kappa shape index (κ2) is 7.31. The first-order valence-corrected chi connectivity index (χ1v) is 11.0. The summed E-state index contributed by atoms with van der Waals surface area (Å²) in [5.41, 5.74) is 5.73. The summed E-state index contributed by atoms with van der Waals surface area (Å²) in [5, 5.41) is 0. The monoisotopic (exact) mass is 414 g/mol. The maximum Gasteiger partial charge on any atom is 0.180 e. The molecule has 2 aliphatic heterocycles. The van der Waals surface area contributed by atoms with Crippen LogP contribution in [0.25, 0.3) is 5.70 Å². The molecule has 154 valence electrons. The van der Waals surface area contributed by atoms with Crippen molar-refractivity contribution in [2.75, 3.05) is 0 Å². The van der Waals surface area contributed by atoms with E-state index in [-0.39, 0.29) is 11.7 Å². The summed E-state index contributed by atoms with van der Waals surface area (Å²) in [6, 6.07) is 31.5. The number of nitrogens with zero attached hydrogens (tertiary/aromatic N) is 2. The zero-order valence-corrected chi connectivity index (χ0v) is 17.6. The van der Waals surface area contributed by atoms with E-state index in [4.69, 9.17) is 4.99 Å². The van der Waals surface area contributed by atoms with Crippen molar-refractivity contribution >= 4 is 17.2 Å². The Morgan fingerprint density at radius 2 is 1.44 bits per heavy atom. The lowest BCUT2D eigenvalue weighted by molar-refractivity contribution is -0.110. The third-order valence-corrected chi connectivity index (χ3v) is 6.50. The van der Waals surface area contributed by atoms with E-state index in [0.717, 1.165) is 34.7 Å². The van der Waals surface area contributed by atoms with Crippen LogP contribution in [0, 0.1) is 0 Å². The van der Waals surface area contributed by atoms with E-state index >= 15 is 0 Å². The Kier molecular flexibility index (Phi) is 4.29. The number of fused-ring (bicyclic) bond motifs is 3. The van der Waals surface area contributed by atoms with Crippen LogP contribution < -0.4 is 0 Å². The predicted octanol–water partition coefficient (Wildman–Crippen LogP) is 5.85. The van der Waals surface area contributed by atoms with E-state index in [1.165, 1.54) is 5.56 Å². The summed E-state index contributed by atoms with van der Waals surface area (Å²) < 4.78 is 0. The van der Waals surface area contributed by atoms with Gasteiger partial charge in [0.15, 0.2) is 11.4 Å². The van der Waals surface area contributed by atoms with Crippen molar-refractivity contribution in [2.45, 2.75) is 18.0 Å². The Hall–Kier alpha value is -3.98. The van der Waals surface area contributed by atoms with Gasteiger partial charge >= 0.3 is 0 Å². The molecular formula is C29H22N2O. The van der Waals surface area contributed by atoms with Crippen molar-refractivity contribution in [2.24, 2.45) is 4.99 Å². The van der Waals surface area contributed by atoms with Gasteiger partial charge in [-0.25, -0.2) is 0 Å². The summed E-state index contributed by atoms with van der Waals surface area (Å²) in [5.74, 6) is 0.188. The first-order chi connectivity index (χ1) is 15.7. The van der Waals surface area contributed by atoms with Crippen molar-refractivity contribution in [3.05, 3.63) is 138 Å². The van der Waals surface area contributed by atoms with E-state index in [2.05, 4.69) is 89.8 Å². The molecule has 0 fully saturated rings. The fourth-order valence-electron chi connectivity index (χ4n) is 5.09. The number of benzene rings is 3. The first-order valence-electron chi connectivity index (χ1n) is 11.0. The molecule has 6 rings (SSSR count). The van der Waals surface area contributed by atoms with Gasteiger partial charge in [0.1, 0.15) is 0 Å². The highest BCUT2D eigenvalue weighted by Gasteiger charge is 2.51. The molecular weight excluding hydrogens is 392 g/mol. The molecule has 0 bridgehead atoms. The topological polar surface area (TPSA) is 32.7 Å². The maximum absolute atomic E-state index is 12.4. The Morgan fingerprint density at radius 1 is 0.781 bits per heavy atom. The molecule has 2 atom stereocenters. The number of allylic oxidation sites excluding steroid dienone is 4. The van der Waals surface area contributed by atoms with E-state index in [1.54, 1.807) is 12.2 Å². The van der Waals surface area contributed by atoms with Gasteiger partial charge in [-0.05, 0) is 23.3 Å². The number of ketones is 1. The van der Waals surface area contributed by atoms with Gasteiger partial charge in [0, 0.05) is 29.7 Å². The summed E-state index contributed by atoms with van der Waals surface area (Å²) in [6.07, 6.45) is 8.33. The molecule has 1 aliphatic carbocycles. The number of aliphatic imine (C=N–C) groups is 1. The van der Waals surface area contributed by atoms with Gasteiger partial charge < -0.3 is 4.90 Å². The number of carbonyl (C=O) groups excluding carboxylic acids is 1.